The number of hydrogen-bond donors (Lipinski definition) is 3. The fraction of sp³-hybridized carbons (Fsp3) is 0.714. The van der Waals surface area contributed by atoms with E-state index in [1.807, 2.05) is 0 Å². The van der Waals surface area contributed by atoms with Gasteiger partial charge in [-0.25, -0.2) is 14.6 Å². The first-order chi connectivity index (χ1) is 24.4. The van der Waals surface area contributed by atoms with Crippen LogP contribution >= 0.6 is 19.2 Å². The lowest BCUT2D eigenvalue weighted by molar-refractivity contribution is -0.130. The lowest BCUT2D eigenvalue weighted by Gasteiger charge is -2.25. The molecular formula is C28H42ClN6O15P. The predicted molar refractivity (Wildman–Crippen MR) is 173 cm³/mol. The second kappa shape index (κ2) is 19.4. The van der Waals surface area contributed by atoms with E-state index in [9.17, 15) is 29.2 Å². The zero-order valence-electron chi connectivity index (χ0n) is 28.2. The van der Waals surface area contributed by atoms with Crippen molar-refractivity contribution in [3.05, 3.63) is 11.6 Å². The van der Waals surface area contributed by atoms with Crippen LogP contribution in [-0.2, 0) is 51.6 Å². The highest BCUT2D eigenvalue weighted by Crippen LogP contribution is 2.48. The lowest BCUT2D eigenvalue weighted by Crippen LogP contribution is -2.41. The zero-order valence-corrected chi connectivity index (χ0v) is 29.9. The number of aliphatic hydroxyl groups is 2. The van der Waals surface area contributed by atoms with Crippen LogP contribution in [0.2, 0.25) is 5.28 Å². The summed E-state index contributed by atoms with van der Waals surface area (Å²) in [6.07, 6.45) is -3.07. The van der Waals surface area contributed by atoms with Crippen molar-refractivity contribution in [1.29, 1.82) is 0 Å². The third-order valence-corrected chi connectivity index (χ3v) is 9.60. The minimum absolute atomic E-state index is 0.0599. The molecule has 2 aromatic rings. The van der Waals surface area contributed by atoms with Gasteiger partial charge in [-0.05, 0) is 24.4 Å². The normalized spacial score (nSPS) is 20.7. The number of rotatable bonds is 19. The Morgan fingerprint density at radius 3 is 2.18 bits per heavy atom. The number of carbonyl (C=O) groups is 3. The maximum Gasteiger partial charge on any atom is 0.510 e. The molecule has 3 N–H and O–H groups in total. The molecule has 2 aliphatic rings. The number of methoxy groups -OCH3 is 2. The Morgan fingerprint density at radius 2 is 1.59 bits per heavy atom. The van der Waals surface area contributed by atoms with Gasteiger partial charge in [0.2, 0.25) is 24.8 Å². The number of halogens is 1. The fourth-order valence-electron chi connectivity index (χ4n) is 5.15. The van der Waals surface area contributed by atoms with Crippen molar-refractivity contribution in [1.82, 2.24) is 24.4 Å². The topological polar surface area (TPSA) is 251 Å². The molecule has 0 radical (unpaired) electrons. The second-order valence-corrected chi connectivity index (χ2v) is 13.7. The van der Waals surface area contributed by atoms with E-state index in [1.54, 1.807) is 0 Å². The monoisotopic (exact) mass is 768 g/mol. The summed E-state index contributed by atoms with van der Waals surface area (Å²) in [6, 6.07) is 0.202. The van der Waals surface area contributed by atoms with E-state index in [4.69, 9.17) is 53.8 Å². The Morgan fingerprint density at radius 1 is 0.980 bits per heavy atom. The molecule has 1 aliphatic heterocycles. The standard InChI is InChI=1S/C28H42ClN6O15P/c1-34(19(36)13-51(41,48-15-46-27(39)44-10-8-42-2)49-16-47-28(40)45-11-9-43-3)12-18-21(37)22(38)25(50-18)35-14-30-20-23(31-17-6-4-5-7-17)32-26(29)33-24(20)35/h14,17-18,21-22,25,37-38H,4-13,15-16H2,1-3H3,(H,31,32,33)/t18-,21-,22-,25-/m1/s1. The van der Waals surface area contributed by atoms with Gasteiger partial charge < -0.3 is 53.6 Å². The Balaban J connectivity index is 1.38. The van der Waals surface area contributed by atoms with E-state index >= 15 is 0 Å². The van der Waals surface area contributed by atoms with Crippen molar-refractivity contribution in [2.45, 2.75) is 56.3 Å². The van der Waals surface area contributed by atoms with Gasteiger partial charge >= 0.3 is 19.9 Å². The van der Waals surface area contributed by atoms with Gasteiger partial charge in [0.25, 0.3) is 0 Å². The van der Waals surface area contributed by atoms with Gasteiger partial charge in [0.1, 0.15) is 37.7 Å². The van der Waals surface area contributed by atoms with E-state index in [-0.39, 0.29) is 49.9 Å². The largest absolute Gasteiger partial charge is 0.510 e. The van der Waals surface area contributed by atoms with Crippen molar-refractivity contribution in [2.75, 3.05) is 79.3 Å². The number of aliphatic hydroxyl groups excluding tert-OH is 2. The average Bonchev–Trinajstić information content (AvgIpc) is 3.82. The zero-order chi connectivity index (χ0) is 37.0. The summed E-state index contributed by atoms with van der Waals surface area (Å²) in [5.41, 5.74) is 0.643. The van der Waals surface area contributed by atoms with E-state index in [0.717, 1.165) is 30.6 Å². The Labute approximate surface area is 297 Å². The number of anilines is 1. The fourth-order valence-corrected chi connectivity index (χ4v) is 6.57. The summed E-state index contributed by atoms with van der Waals surface area (Å²) in [5, 5.41) is 25.1. The summed E-state index contributed by atoms with van der Waals surface area (Å²) in [5.74, 6) is -0.408. The first-order valence-electron chi connectivity index (χ1n) is 15.8. The van der Waals surface area contributed by atoms with Crippen molar-refractivity contribution >= 4 is 54.4 Å². The van der Waals surface area contributed by atoms with Gasteiger partial charge in [0, 0.05) is 33.9 Å². The maximum atomic E-state index is 13.5. The molecule has 21 nitrogen and oxygen atoms in total. The highest BCUT2D eigenvalue weighted by Gasteiger charge is 2.45. The SMILES string of the molecule is COCCOC(=O)OCOP(=O)(CC(=O)N(C)C[C@H]1O[C@@H](n2cnc3c(NC4CCCC4)nc(Cl)nc32)[C@H](O)[C@@H]1O)OCOC(=O)OCCOC. The van der Waals surface area contributed by atoms with Crippen molar-refractivity contribution in [2.24, 2.45) is 0 Å². The highest BCUT2D eigenvalue weighted by atomic mass is 35.5. The van der Waals surface area contributed by atoms with Gasteiger partial charge in [-0.2, -0.15) is 9.97 Å². The number of imidazole rings is 1. The summed E-state index contributed by atoms with van der Waals surface area (Å²) < 4.78 is 59.5. The Kier molecular flexibility index (Phi) is 15.4. The number of fused-ring (bicyclic) bond motifs is 1. The van der Waals surface area contributed by atoms with Crippen LogP contribution in [0.3, 0.4) is 0 Å². The maximum absolute atomic E-state index is 13.5. The minimum Gasteiger partial charge on any atom is -0.432 e. The van der Waals surface area contributed by atoms with Crippen molar-refractivity contribution in [3.63, 3.8) is 0 Å². The number of nitrogens with one attached hydrogen (secondary N) is 1. The molecular weight excluding hydrogens is 727 g/mol. The molecule has 286 valence electrons. The number of carbonyl (C=O) groups excluding carboxylic acids is 3. The molecule has 0 bridgehead atoms. The Bertz CT molecular complexity index is 1480. The van der Waals surface area contributed by atoms with E-state index in [1.165, 1.54) is 32.2 Å². The predicted octanol–water partition coefficient (Wildman–Crippen LogP) is 1.65. The molecule has 51 heavy (non-hydrogen) atoms. The van der Waals surface area contributed by atoms with Crippen molar-refractivity contribution < 1.29 is 71.4 Å². The van der Waals surface area contributed by atoms with Gasteiger partial charge in [0.15, 0.2) is 23.2 Å². The van der Waals surface area contributed by atoms with Gasteiger partial charge in [-0.1, -0.05) is 12.8 Å². The number of aromatic nitrogens is 4. The summed E-state index contributed by atoms with van der Waals surface area (Å²) in [6.45, 7) is -2.29. The molecule has 1 saturated heterocycles. The molecule has 1 aliphatic carbocycles. The van der Waals surface area contributed by atoms with Crippen molar-refractivity contribution in [3.8, 4) is 0 Å². The lowest BCUT2D eigenvalue weighted by atomic mass is 10.1. The third kappa shape index (κ3) is 11.5. The highest BCUT2D eigenvalue weighted by molar-refractivity contribution is 7.54. The smallest absolute Gasteiger partial charge is 0.432 e. The van der Waals surface area contributed by atoms with Gasteiger partial charge in [-0.3, -0.25) is 23.0 Å². The number of likely N-dealkylation sites (N-methyl/N-ethyl adjacent to an activating group) is 1. The molecule has 3 heterocycles. The van der Waals surface area contributed by atoms with Crippen LogP contribution in [0, 0.1) is 0 Å². The minimum atomic E-state index is -4.48. The molecule has 2 fully saturated rings. The Hall–Kier alpha value is -3.40. The molecule has 23 heteroatoms. The van der Waals surface area contributed by atoms with Crippen LogP contribution < -0.4 is 5.32 Å². The first-order valence-corrected chi connectivity index (χ1v) is 17.9. The van der Waals surface area contributed by atoms with Crippen LogP contribution in [-0.4, -0.2) is 151 Å². The number of amides is 1. The number of hydrogen-bond acceptors (Lipinski definition) is 19. The number of ether oxygens (including phenoxy) is 7. The summed E-state index contributed by atoms with van der Waals surface area (Å²) in [4.78, 5) is 50.7. The first kappa shape index (κ1) is 40.4. The van der Waals surface area contributed by atoms with Gasteiger partial charge in [-0.15, -0.1) is 0 Å². The van der Waals surface area contributed by atoms with Crippen LogP contribution in [0.5, 0.6) is 0 Å². The van der Waals surface area contributed by atoms with E-state index in [2.05, 4.69) is 20.3 Å². The third-order valence-electron chi connectivity index (χ3n) is 7.78. The quantitative estimate of drug-likeness (QED) is 0.0604. The van der Waals surface area contributed by atoms with Crippen LogP contribution in [0.15, 0.2) is 6.33 Å². The molecule has 4 atom stereocenters. The summed E-state index contributed by atoms with van der Waals surface area (Å²) in [7, 11) is -0.374. The van der Waals surface area contributed by atoms with Crippen LogP contribution in [0.25, 0.3) is 11.2 Å². The average molecular weight is 769 g/mol. The van der Waals surface area contributed by atoms with Crippen LogP contribution in [0.4, 0.5) is 15.4 Å². The number of nitrogens with zero attached hydrogens (tertiary/aromatic N) is 5. The van der Waals surface area contributed by atoms with Gasteiger partial charge in [0.05, 0.1) is 19.5 Å². The molecule has 1 amide bonds. The molecule has 0 unspecified atom stereocenters. The molecule has 1 saturated carbocycles. The van der Waals surface area contributed by atoms with E-state index < -0.39 is 70.1 Å². The summed E-state index contributed by atoms with van der Waals surface area (Å²) >= 11 is 6.23. The molecule has 4 rings (SSSR count). The molecule has 0 spiro atoms. The second-order valence-electron chi connectivity index (χ2n) is 11.3. The molecule has 2 aromatic heterocycles. The molecule has 0 aromatic carbocycles. The van der Waals surface area contributed by atoms with Crippen LogP contribution in [0.1, 0.15) is 31.9 Å². The van der Waals surface area contributed by atoms with E-state index in [0.29, 0.717) is 11.3 Å².